The zero-order valence-corrected chi connectivity index (χ0v) is 17.9. The van der Waals surface area contributed by atoms with E-state index in [1.54, 1.807) is 28.9 Å². The third-order valence-corrected chi connectivity index (χ3v) is 5.54. The Morgan fingerprint density at radius 1 is 1.23 bits per heavy atom. The number of aryl methyl sites for hydroxylation is 1. The van der Waals surface area contributed by atoms with Gasteiger partial charge in [-0.15, -0.1) is 0 Å². The van der Waals surface area contributed by atoms with Gasteiger partial charge in [-0.2, -0.15) is 5.10 Å². The summed E-state index contributed by atoms with van der Waals surface area (Å²) in [6.45, 7) is 4.09. The molecule has 1 aromatic carbocycles. The van der Waals surface area contributed by atoms with Crippen LogP contribution in [0.15, 0.2) is 47.3 Å². The number of amides is 1. The molecule has 1 saturated heterocycles. The molecule has 0 aliphatic carbocycles. The first-order valence-corrected chi connectivity index (χ1v) is 10.4. The van der Waals surface area contributed by atoms with Crippen LogP contribution in [0.2, 0.25) is 0 Å². The Labute approximate surface area is 180 Å². The van der Waals surface area contributed by atoms with E-state index in [1.165, 1.54) is 12.3 Å². The Morgan fingerprint density at radius 3 is 2.71 bits per heavy atom. The fraction of sp³-hybridized carbons (Fsp3) is 0.409. The number of hydrogen-bond donors (Lipinski definition) is 0. The van der Waals surface area contributed by atoms with Crippen LogP contribution in [0.3, 0.4) is 0 Å². The topological polar surface area (TPSA) is 70.6 Å². The molecule has 3 aromatic rings. The number of oxazole rings is 1. The highest BCUT2D eigenvalue weighted by atomic mass is 19.1. The lowest BCUT2D eigenvalue weighted by Gasteiger charge is -2.35. The Morgan fingerprint density at radius 2 is 2.00 bits per heavy atom. The lowest BCUT2D eigenvalue weighted by atomic mass is 10.2. The molecule has 2 aromatic heterocycles. The Kier molecular flexibility index (Phi) is 6.31. The lowest BCUT2D eigenvalue weighted by Crippen LogP contribution is -2.46. The summed E-state index contributed by atoms with van der Waals surface area (Å²) in [6, 6.07) is 6.85. The maximum absolute atomic E-state index is 14.0. The van der Waals surface area contributed by atoms with E-state index in [2.05, 4.69) is 15.0 Å². The molecule has 3 heterocycles. The molecule has 4 rings (SSSR count). The van der Waals surface area contributed by atoms with Crippen molar-refractivity contribution in [3.8, 4) is 0 Å². The van der Waals surface area contributed by atoms with Gasteiger partial charge in [0.2, 0.25) is 5.89 Å². The Balaban J connectivity index is 1.27. The Hall–Kier alpha value is -3.20. The summed E-state index contributed by atoms with van der Waals surface area (Å²) >= 11 is 0. The summed E-state index contributed by atoms with van der Waals surface area (Å²) in [5, 5.41) is 4.14. The van der Waals surface area contributed by atoms with Crippen molar-refractivity contribution in [3.63, 3.8) is 0 Å². The number of carbonyl (C=O) groups is 1. The maximum atomic E-state index is 14.0. The van der Waals surface area contributed by atoms with Crippen molar-refractivity contribution in [1.82, 2.24) is 24.6 Å². The molecule has 9 heteroatoms. The minimum atomic E-state index is -0.195. The summed E-state index contributed by atoms with van der Waals surface area (Å²) in [6.07, 6.45) is 5.90. The van der Waals surface area contributed by atoms with Crippen molar-refractivity contribution in [3.05, 3.63) is 65.9 Å². The third kappa shape index (κ3) is 5.11. The molecule has 8 nitrogen and oxygen atoms in total. The number of halogens is 1. The number of anilines is 1. The number of piperazine rings is 1. The molecule has 1 aliphatic rings. The molecule has 0 saturated carbocycles. The van der Waals surface area contributed by atoms with E-state index < -0.39 is 0 Å². The smallest absolute Gasteiger partial charge is 0.275 e. The van der Waals surface area contributed by atoms with E-state index in [4.69, 9.17) is 4.42 Å². The number of nitrogens with zero attached hydrogens (tertiary/aromatic N) is 6. The summed E-state index contributed by atoms with van der Waals surface area (Å²) in [5.41, 5.74) is 2.03. The molecule has 1 amide bonds. The number of carbonyl (C=O) groups excluding carboxylic acids is 1. The van der Waals surface area contributed by atoms with Crippen LogP contribution in [-0.4, -0.2) is 70.2 Å². The van der Waals surface area contributed by atoms with Gasteiger partial charge < -0.3 is 14.2 Å². The summed E-state index contributed by atoms with van der Waals surface area (Å²) in [7, 11) is 3.63. The summed E-state index contributed by atoms with van der Waals surface area (Å²) in [4.78, 5) is 22.9. The second-order valence-corrected chi connectivity index (χ2v) is 7.84. The van der Waals surface area contributed by atoms with Gasteiger partial charge >= 0.3 is 0 Å². The number of benzene rings is 1. The van der Waals surface area contributed by atoms with Crippen LogP contribution in [0.5, 0.6) is 0 Å². The van der Waals surface area contributed by atoms with Gasteiger partial charge in [0.25, 0.3) is 5.91 Å². The molecular formula is C22H27FN6O2. The average Bonchev–Trinajstić information content (AvgIpc) is 3.41. The molecule has 0 bridgehead atoms. The molecular weight excluding hydrogens is 399 g/mol. The van der Waals surface area contributed by atoms with Crippen molar-refractivity contribution in [1.29, 1.82) is 0 Å². The van der Waals surface area contributed by atoms with Gasteiger partial charge in [0, 0.05) is 53.0 Å². The van der Waals surface area contributed by atoms with Crippen LogP contribution < -0.4 is 4.90 Å². The first-order valence-electron chi connectivity index (χ1n) is 10.4. The van der Waals surface area contributed by atoms with E-state index in [0.29, 0.717) is 30.4 Å². The van der Waals surface area contributed by atoms with Crippen LogP contribution in [0.25, 0.3) is 0 Å². The van der Waals surface area contributed by atoms with Crippen LogP contribution >= 0.6 is 0 Å². The van der Waals surface area contributed by atoms with Gasteiger partial charge in [-0.1, -0.05) is 12.1 Å². The van der Waals surface area contributed by atoms with Gasteiger partial charge in [-0.25, -0.2) is 9.37 Å². The fourth-order valence-electron chi connectivity index (χ4n) is 3.72. The van der Waals surface area contributed by atoms with Crippen molar-refractivity contribution in [2.24, 2.45) is 7.05 Å². The molecule has 0 N–H and O–H groups in total. The zero-order valence-electron chi connectivity index (χ0n) is 17.9. The van der Waals surface area contributed by atoms with Crippen molar-refractivity contribution < 1.29 is 13.6 Å². The highest BCUT2D eigenvalue weighted by Gasteiger charge is 2.22. The summed E-state index contributed by atoms with van der Waals surface area (Å²) < 4.78 is 21.3. The van der Waals surface area contributed by atoms with E-state index in [-0.39, 0.29) is 11.7 Å². The molecule has 1 aliphatic heterocycles. The van der Waals surface area contributed by atoms with Crippen molar-refractivity contribution in [2.45, 2.75) is 13.0 Å². The molecule has 0 radical (unpaired) electrons. The van der Waals surface area contributed by atoms with Gasteiger partial charge in [0.05, 0.1) is 18.4 Å². The molecule has 0 spiro atoms. The first-order chi connectivity index (χ1) is 15.0. The van der Waals surface area contributed by atoms with Crippen LogP contribution in [0.4, 0.5) is 10.1 Å². The molecule has 0 atom stereocenters. The monoisotopic (exact) mass is 426 g/mol. The van der Waals surface area contributed by atoms with Crippen LogP contribution in [0, 0.1) is 5.82 Å². The molecule has 31 heavy (non-hydrogen) atoms. The van der Waals surface area contributed by atoms with E-state index in [1.807, 2.05) is 30.3 Å². The predicted molar refractivity (Wildman–Crippen MR) is 114 cm³/mol. The van der Waals surface area contributed by atoms with Crippen LogP contribution in [0.1, 0.15) is 21.9 Å². The van der Waals surface area contributed by atoms with Gasteiger partial charge in [-0.3, -0.25) is 14.4 Å². The minimum absolute atomic E-state index is 0.164. The number of rotatable bonds is 7. The maximum Gasteiger partial charge on any atom is 0.275 e. The van der Waals surface area contributed by atoms with Gasteiger partial charge in [0.15, 0.2) is 5.69 Å². The first kappa shape index (κ1) is 21.0. The second-order valence-electron chi connectivity index (χ2n) is 7.84. The standard InChI is InChI=1S/C22H27FN6O2/c1-26(8-7-17-13-24-27(2)14-17)22(30)19-16-31-21(25-19)15-28-9-11-29(12-10-28)20-6-4-3-5-18(20)23/h3-6,13-14,16H,7-12,15H2,1-2H3. The number of hydrogen-bond acceptors (Lipinski definition) is 6. The number of likely N-dealkylation sites (N-methyl/N-ethyl adjacent to an activating group) is 1. The Bertz CT molecular complexity index is 1020. The van der Waals surface area contributed by atoms with Gasteiger partial charge in [-0.05, 0) is 24.1 Å². The molecule has 1 fully saturated rings. The summed E-state index contributed by atoms with van der Waals surface area (Å²) in [5.74, 6) is 0.158. The second kappa shape index (κ2) is 9.30. The van der Waals surface area contributed by atoms with E-state index in [0.717, 1.165) is 38.2 Å². The van der Waals surface area contributed by atoms with Crippen LogP contribution in [-0.2, 0) is 20.0 Å². The third-order valence-electron chi connectivity index (χ3n) is 5.54. The quantitative estimate of drug-likeness (QED) is 0.577. The fourth-order valence-corrected chi connectivity index (χ4v) is 3.72. The van der Waals surface area contributed by atoms with E-state index >= 15 is 0 Å². The number of aromatic nitrogens is 3. The molecule has 164 valence electrons. The molecule has 0 unspecified atom stereocenters. The van der Waals surface area contributed by atoms with E-state index in [9.17, 15) is 9.18 Å². The average molecular weight is 426 g/mol. The predicted octanol–water partition coefficient (Wildman–Crippen LogP) is 2.18. The zero-order chi connectivity index (χ0) is 21.8. The SMILES string of the molecule is CN(CCc1cnn(C)c1)C(=O)c1coc(CN2CCN(c3ccccc3F)CC2)n1. The highest BCUT2D eigenvalue weighted by molar-refractivity contribution is 5.91. The normalized spacial score (nSPS) is 14.7. The lowest BCUT2D eigenvalue weighted by molar-refractivity contribution is 0.0790. The highest BCUT2D eigenvalue weighted by Crippen LogP contribution is 2.20. The van der Waals surface area contributed by atoms with Crippen molar-refractivity contribution >= 4 is 11.6 Å². The largest absolute Gasteiger partial charge is 0.447 e. The van der Waals surface area contributed by atoms with Crippen molar-refractivity contribution in [2.75, 3.05) is 44.7 Å². The minimum Gasteiger partial charge on any atom is -0.447 e. The van der Waals surface area contributed by atoms with Gasteiger partial charge in [0.1, 0.15) is 12.1 Å². The number of para-hydroxylation sites is 1.